The third-order valence-electron chi connectivity index (χ3n) is 4.91. The first-order valence-electron chi connectivity index (χ1n) is 10.7. The molecule has 2 aromatic carbocycles. The van der Waals surface area contributed by atoms with Crippen LogP contribution in [-0.2, 0) is 16.0 Å². The third-order valence-corrected chi connectivity index (χ3v) is 5.92. The number of benzene rings is 2. The Labute approximate surface area is 185 Å². The highest BCUT2D eigenvalue weighted by Gasteiger charge is 2.28. The average Bonchev–Trinajstić information content (AvgIpc) is 2.72. The van der Waals surface area contributed by atoms with Gasteiger partial charge in [-0.1, -0.05) is 55.0 Å². The van der Waals surface area contributed by atoms with Gasteiger partial charge in [0, 0.05) is 29.7 Å². The minimum atomic E-state index is -0.437. The fourth-order valence-corrected chi connectivity index (χ4v) is 4.15. The van der Waals surface area contributed by atoms with E-state index in [0.717, 1.165) is 11.3 Å². The lowest BCUT2D eigenvalue weighted by molar-refractivity contribution is -0.140. The lowest BCUT2D eigenvalue weighted by Crippen LogP contribution is -2.51. The molecule has 0 bridgehead atoms. The number of carbonyl (C=O) groups excluding carboxylic acids is 2. The number of hydrogen-bond donors (Lipinski definition) is 1. The van der Waals surface area contributed by atoms with E-state index in [1.54, 1.807) is 16.7 Å². The standard InChI is InChI=1S/C25H34N2O2S/c1-5-23(25(29)26-19(2)3)27(17-15-21-9-7-6-8-10-21)24(28)16-18-30-22-13-11-20(4)12-14-22/h6-14,19,23H,5,15-18H2,1-4H3,(H,26,29)/t23-/m0/s1. The van der Waals surface area contributed by atoms with Gasteiger partial charge >= 0.3 is 0 Å². The van der Waals surface area contributed by atoms with Crippen LogP contribution in [0.3, 0.4) is 0 Å². The number of nitrogens with zero attached hydrogens (tertiary/aromatic N) is 1. The first-order chi connectivity index (χ1) is 14.4. The molecular weight excluding hydrogens is 392 g/mol. The topological polar surface area (TPSA) is 49.4 Å². The Balaban J connectivity index is 2.04. The monoisotopic (exact) mass is 426 g/mol. The van der Waals surface area contributed by atoms with E-state index in [1.807, 2.05) is 39.0 Å². The van der Waals surface area contributed by atoms with Gasteiger partial charge in [0.15, 0.2) is 0 Å². The van der Waals surface area contributed by atoms with Gasteiger partial charge in [-0.05, 0) is 51.3 Å². The Morgan fingerprint density at radius 1 is 1.03 bits per heavy atom. The third kappa shape index (κ3) is 7.86. The average molecular weight is 427 g/mol. The Morgan fingerprint density at radius 3 is 2.30 bits per heavy atom. The number of carbonyl (C=O) groups is 2. The molecule has 0 aliphatic rings. The van der Waals surface area contributed by atoms with Crippen LogP contribution in [-0.4, -0.2) is 41.1 Å². The molecule has 0 aliphatic heterocycles. The van der Waals surface area contributed by atoms with E-state index in [4.69, 9.17) is 0 Å². The molecule has 0 aromatic heterocycles. The predicted octanol–water partition coefficient (Wildman–Crippen LogP) is 4.85. The maximum atomic E-state index is 13.1. The Morgan fingerprint density at radius 2 is 1.70 bits per heavy atom. The molecule has 162 valence electrons. The molecule has 0 spiro atoms. The number of rotatable bonds is 11. The van der Waals surface area contributed by atoms with Gasteiger partial charge in [-0.25, -0.2) is 0 Å². The molecule has 0 aliphatic carbocycles. The molecule has 30 heavy (non-hydrogen) atoms. The van der Waals surface area contributed by atoms with Crippen molar-refractivity contribution in [3.05, 3.63) is 65.7 Å². The van der Waals surface area contributed by atoms with Crippen LogP contribution in [0.15, 0.2) is 59.5 Å². The van der Waals surface area contributed by atoms with E-state index in [1.165, 1.54) is 11.1 Å². The van der Waals surface area contributed by atoms with Crippen molar-refractivity contribution in [2.24, 2.45) is 0 Å². The zero-order chi connectivity index (χ0) is 21.9. The zero-order valence-electron chi connectivity index (χ0n) is 18.6. The van der Waals surface area contributed by atoms with Crippen LogP contribution in [0.5, 0.6) is 0 Å². The molecule has 2 amide bonds. The van der Waals surface area contributed by atoms with Gasteiger partial charge in [0.1, 0.15) is 6.04 Å². The number of hydrogen-bond acceptors (Lipinski definition) is 3. The van der Waals surface area contributed by atoms with E-state index >= 15 is 0 Å². The smallest absolute Gasteiger partial charge is 0.242 e. The summed E-state index contributed by atoms with van der Waals surface area (Å²) in [5, 5.41) is 2.98. The summed E-state index contributed by atoms with van der Waals surface area (Å²) in [6, 6.07) is 18.1. The normalized spacial score (nSPS) is 11.9. The van der Waals surface area contributed by atoms with E-state index in [0.29, 0.717) is 25.1 Å². The van der Waals surface area contributed by atoms with Crippen molar-refractivity contribution < 1.29 is 9.59 Å². The van der Waals surface area contributed by atoms with Crippen molar-refractivity contribution in [1.82, 2.24) is 10.2 Å². The first-order valence-corrected chi connectivity index (χ1v) is 11.7. The molecule has 4 nitrogen and oxygen atoms in total. The first kappa shape index (κ1) is 24.0. The van der Waals surface area contributed by atoms with Crippen LogP contribution in [0.2, 0.25) is 0 Å². The van der Waals surface area contributed by atoms with Crippen molar-refractivity contribution in [3.8, 4) is 0 Å². The highest BCUT2D eigenvalue weighted by molar-refractivity contribution is 7.99. The van der Waals surface area contributed by atoms with Crippen molar-refractivity contribution >= 4 is 23.6 Å². The summed E-state index contributed by atoms with van der Waals surface area (Å²) in [5.74, 6) is 0.669. The molecule has 2 aromatic rings. The van der Waals surface area contributed by atoms with E-state index in [-0.39, 0.29) is 17.9 Å². The molecule has 2 rings (SSSR count). The van der Waals surface area contributed by atoms with Gasteiger partial charge < -0.3 is 10.2 Å². The highest BCUT2D eigenvalue weighted by Crippen LogP contribution is 2.20. The Hall–Kier alpha value is -2.27. The maximum Gasteiger partial charge on any atom is 0.242 e. The lowest BCUT2D eigenvalue weighted by atomic mass is 10.1. The molecule has 5 heteroatoms. The quantitative estimate of drug-likeness (QED) is 0.523. The summed E-state index contributed by atoms with van der Waals surface area (Å²) in [4.78, 5) is 28.8. The maximum absolute atomic E-state index is 13.1. The second-order valence-electron chi connectivity index (χ2n) is 7.82. The summed E-state index contributed by atoms with van der Waals surface area (Å²) in [6.07, 6.45) is 1.76. The van der Waals surface area contributed by atoms with Crippen molar-refractivity contribution in [2.45, 2.75) is 63.9 Å². The van der Waals surface area contributed by atoms with Crippen molar-refractivity contribution in [3.63, 3.8) is 0 Å². The van der Waals surface area contributed by atoms with Gasteiger partial charge in [0.2, 0.25) is 11.8 Å². The second-order valence-corrected chi connectivity index (χ2v) is 8.99. The van der Waals surface area contributed by atoms with Crippen molar-refractivity contribution in [1.29, 1.82) is 0 Å². The second kappa shape index (κ2) is 12.4. The summed E-state index contributed by atoms with van der Waals surface area (Å²) in [5.41, 5.74) is 2.40. The molecule has 0 saturated carbocycles. The summed E-state index contributed by atoms with van der Waals surface area (Å²) >= 11 is 1.68. The Kier molecular flexibility index (Phi) is 9.95. The molecule has 0 heterocycles. The van der Waals surface area contributed by atoms with Crippen LogP contribution in [0, 0.1) is 6.92 Å². The van der Waals surface area contributed by atoms with E-state index in [9.17, 15) is 9.59 Å². The minimum absolute atomic E-state index is 0.0382. The van der Waals surface area contributed by atoms with Gasteiger partial charge in [-0.2, -0.15) is 0 Å². The SMILES string of the molecule is CC[C@@H](C(=O)NC(C)C)N(CCc1ccccc1)C(=O)CCSc1ccc(C)cc1. The zero-order valence-corrected chi connectivity index (χ0v) is 19.4. The van der Waals surface area contributed by atoms with Crippen LogP contribution >= 0.6 is 11.8 Å². The Bertz CT molecular complexity index is 791. The van der Waals surface area contributed by atoms with Crippen LogP contribution in [0.25, 0.3) is 0 Å². The van der Waals surface area contributed by atoms with Crippen LogP contribution in [0.1, 0.15) is 44.7 Å². The van der Waals surface area contributed by atoms with Crippen molar-refractivity contribution in [2.75, 3.05) is 12.3 Å². The van der Waals surface area contributed by atoms with Crippen LogP contribution < -0.4 is 5.32 Å². The van der Waals surface area contributed by atoms with Gasteiger partial charge in [0.25, 0.3) is 0 Å². The molecule has 0 radical (unpaired) electrons. The largest absolute Gasteiger partial charge is 0.352 e. The van der Waals surface area contributed by atoms with E-state index < -0.39 is 6.04 Å². The molecule has 1 atom stereocenters. The molecule has 0 unspecified atom stereocenters. The minimum Gasteiger partial charge on any atom is -0.352 e. The fraction of sp³-hybridized carbons (Fsp3) is 0.440. The number of amides is 2. The molecular formula is C25H34N2O2S. The summed E-state index contributed by atoms with van der Waals surface area (Å²) in [7, 11) is 0. The molecule has 1 N–H and O–H groups in total. The molecule has 0 saturated heterocycles. The number of aryl methyl sites for hydroxylation is 1. The predicted molar refractivity (Wildman–Crippen MR) is 126 cm³/mol. The van der Waals surface area contributed by atoms with E-state index in [2.05, 4.69) is 48.6 Å². The van der Waals surface area contributed by atoms with Gasteiger partial charge in [0.05, 0.1) is 0 Å². The molecule has 0 fully saturated rings. The highest BCUT2D eigenvalue weighted by atomic mass is 32.2. The number of nitrogens with one attached hydrogen (secondary N) is 1. The fourth-order valence-electron chi connectivity index (χ4n) is 3.31. The number of thioether (sulfide) groups is 1. The van der Waals surface area contributed by atoms with Gasteiger partial charge in [-0.3, -0.25) is 9.59 Å². The van der Waals surface area contributed by atoms with Crippen LogP contribution in [0.4, 0.5) is 0 Å². The summed E-state index contributed by atoms with van der Waals surface area (Å²) < 4.78 is 0. The summed E-state index contributed by atoms with van der Waals surface area (Å²) in [6.45, 7) is 8.46. The lowest BCUT2D eigenvalue weighted by Gasteiger charge is -2.31. The van der Waals surface area contributed by atoms with Gasteiger partial charge in [-0.15, -0.1) is 11.8 Å².